The third-order valence-electron chi connectivity index (χ3n) is 4.16. The van der Waals surface area contributed by atoms with E-state index in [1.165, 1.54) is 12.1 Å². The number of aromatic nitrogens is 3. The molecule has 0 bridgehead atoms. The van der Waals surface area contributed by atoms with Gasteiger partial charge in [0.25, 0.3) is 0 Å². The van der Waals surface area contributed by atoms with Gasteiger partial charge >= 0.3 is 0 Å². The molecule has 116 valence electrons. The number of anilines is 2. The van der Waals surface area contributed by atoms with Gasteiger partial charge in [0.05, 0.1) is 12.1 Å². The zero-order valence-electron chi connectivity index (χ0n) is 12.4. The molecule has 0 spiro atoms. The highest BCUT2D eigenvalue weighted by Gasteiger charge is 2.30. The standard InChI is InChI=1S/C17H16FN5/c18-13-8-6-11(7-9-13)14-10-15(12-4-2-1-3-5-12)23-17(20-14)21-16(19)22-23/h1-9,14-15H,10H2,(H3,19,20,21,22)/t14-,15+/m0/s1. The van der Waals surface area contributed by atoms with Crippen molar-refractivity contribution in [3.8, 4) is 0 Å². The number of nitrogens with two attached hydrogens (primary N) is 1. The van der Waals surface area contributed by atoms with Crippen LogP contribution in [0, 0.1) is 5.82 Å². The van der Waals surface area contributed by atoms with E-state index in [4.69, 9.17) is 5.73 Å². The molecule has 5 nitrogen and oxygen atoms in total. The van der Waals surface area contributed by atoms with Gasteiger partial charge in [-0.2, -0.15) is 4.98 Å². The van der Waals surface area contributed by atoms with Gasteiger partial charge in [0.2, 0.25) is 11.9 Å². The number of fused-ring (bicyclic) bond motifs is 1. The smallest absolute Gasteiger partial charge is 0.241 e. The van der Waals surface area contributed by atoms with E-state index in [9.17, 15) is 4.39 Å². The van der Waals surface area contributed by atoms with Crippen molar-refractivity contribution < 1.29 is 4.39 Å². The van der Waals surface area contributed by atoms with Gasteiger partial charge in [0, 0.05) is 0 Å². The van der Waals surface area contributed by atoms with Crippen LogP contribution in [0.15, 0.2) is 54.6 Å². The molecule has 0 aliphatic carbocycles. The normalized spacial score (nSPS) is 19.9. The lowest BCUT2D eigenvalue weighted by atomic mass is 9.93. The number of hydrogen-bond donors (Lipinski definition) is 2. The van der Waals surface area contributed by atoms with Crippen molar-refractivity contribution in [3.63, 3.8) is 0 Å². The van der Waals surface area contributed by atoms with Crippen molar-refractivity contribution in [2.24, 2.45) is 0 Å². The maximum atomic E-state index is 13.2. The van der Waals surface area contributed by atoms with Gasteiger partial charge in [-0.05, 0) is 29.7 Å². The molecule has 0 saturated heterocycles. The van der Waals surface area contributed by atoms with Crippen LogP contribution in [0.4, 0.5) is 16.3 Å². The molecule has 0 radical (unpaired) electrons. The van der Waals surface area contributed by atoms with Gasteiger partial charge in [-0.3, -0.25) is 0 Å². The molecule has 2 atom stereocenters. The molecule has 0 fully saturated rings. The molecule has 23 heavy (non-hydrogen) atoms. The topological polar surface area (TPSA) is 68.8 Å². The van der Waals surface area contributed by atoms with E-state index in [-0.39, 0.29) is 23.8 Å². The minimum atomic E-state index is -0.239. The van der Waals surface area contributed by atoms with Gasteiger partial charge in [-0.15, -0.1) is 5.10 Å². The molecule has 3 aromatic rings. The average molecular weight is 309 g/mol. The molecule has 6 heteroatoms. The minimum Gasteiger partial charge on any atom is -0.366 e. The van der Waals surface area contributed by atoms with Crippen LogP contribution in [-0.2, 0) is 0 Å². The molecule has 0 saturated carbocycles. The second-order valence-corrected chi connectivity index (χ2v) is 5.65. The maximum absolute atomic E-state index is 13.2. The second-order valence-electron chi connectivity index (χ2n) is 5.65. The van der Waals surface area contributed by atoms with Crippen LogP contribution in [0.2, 0.25) is 0 Å². The number of nitrogens with one attached hydrogen (secondary N) is 1. The molecule has 0 amide bonds. The summed E-state index contributed by atoms with van der Waals surface area (Å²) in [6.45, 7) is 0. The lowest BCUT2D eigenvalue weighted by Crippen LogP contribution is -2.28. The number of benzene rings is 2. The third-order valence-corrected chi connectivity index (χ3v) is 4.16. The molecule has 2 heterocycles. The average Bonchev–Trinajstić information content (AvgIpc) is 2.95. The molecule has 0 unspecified atom stereocenters. The molecular formula is C17H16FN5. The summed E-state index contributed by atoms with van der Waals surface area (Å²) in [6.07, 6.45) is 0.783. The van der Waals surface area contributed by atoms with Crippen molar-refractivity contribution in [3.05, 3.63) is 71.5 Å². The Hall–Kier alpha value is -2.89. The molecule has 1 aliphatic heterocycles. The lowest BCUT2D eigenvalue weighted by Gasteiger charge is -2.31. The van der Waals surface area contributed by atoms with Gasteiger partial charge in [0.1, 0.15) is 5.82 Å². The van der Waals surface area contributed by atoms with Crippen molar-refractivity contribution in [1.29, 1.82) is 0 Å². The SMILES string of the molecule is Nc1nc2n(n1)[C@@H](c1ccccc1)C[C@@H](c1ccc(F)cc1)N2. The first-order valence-corrected chi connectivity index (χ1v) is 7.49. The second kappa shape index (κ2) is 5.39. The maximum Gasteiger partial charge on any atom is 0.241 e. The Kier molecular flexibility index (Phi) is 3.22. The van der Waals surface area contributed by atoms with Crippen LogP contribution < -0.4 is 11.1 Å². The zero-order chi connectivity index (χ0) is 15.8. The molecular weight excluding hydrogens is 293 g/mol. The Morgan fingerprint density at radius 2 is 1.78 bits per heavy atom. The van der Waals surface area contributed by atoms with E-state index in [0.717, 1.165) is 17.5 Å². The van der Waals surface area contributed by atoms with Crippen LogP contribution in [0.5, 0.6) is 0 Å². The van der Waals surface area contributed by atoms with Crippen molar-refractivity contribution in [1.82, 2.24) is 14.8 Å². The van der Waals surface area contributed by atoms with Gasteiger partial charge in [-0.1, -0.05) is 42.5 Å². The van der Waals surface area contributed by atoms with Crippen molar-refractivity contribution >= 4 is 11.9 Å². The van der Waals surface area contributed by atoms with Gasteiger partial charge in [0.15, 0.2) is 0 Å². The Morgan fingerprint density at radius 1 is 1.04 bits per heavy atom. The quantitative estimate of drug-likeness (QED) is 0.763. The molecule has 4 rings (SSSR count). The summed E-state index contributed by atoms with van der Waals surface area (Å²) < 4.78 is 15.0. The fourth-order valence-electron chi connectivity index (χ4n) is 3.06. The first-order valence-electron chi connectivity index (χ1n) is 7.49. The first-order chi connectivity index (χ1) is 11.2. The summed E-state index contributed by atoms with van der Waals surface area (Å²) in [5.74, 6) is 0.640. The predicted molar refractivity (Wildman–Crippen MR) is 86.4 cm³/mol. The van der Waals surface area contributed by atoms with Gasteiger partial charge in [-0.25, -0.2) is 9.07 Å². The predicted octanol–water partition coefficient (Wildman–Crippen LogP) is 3.15. The van der Waals surface area contributed by atoms with Crippen molar-refractivity contribution in [2.75, 3.05) is 11.1 Å². The highest BCUT2D eigenvalue weighted by atomic mass is 19.1. The number of nitrogens with zero attached hydrogens (tertiary/aromatic N) is 3. The first kappa shape index (κ1) is 13.8. The van der Waals surface area contributed by atoms with Gasteiger partial charge < -0.3 is 11.1 Å². The van der Waals surface area contributed by atoms with E-state index in [1.54, 1.807) is 12.1 Å². The zero-order valence-corrected chi connectivity index (χ0v) is 12.4. The van der Waals surface area contributed by atoms with Crippen LogP contribution >= 0.6 is 0 Å². The Bertz CT molecular complexity index is 813. The highest BCUT2D eigenvalue weighted by molar-refractivity contribution is 5.41. The minimum absolute atomic E-state index is 0.0249. The monoisotopic (exact) mass is 309 g/mol. The summed E-state index contributed by atoms with van der Waals surface area (Å²) in [5.41, 5.74) is 7.93. The molecule has 1 aromatic heterocycles. The van der Waals surface area contributed by atoms with Crippen LogP contribution in [0.1, 0.15) is 29.6 Å². The van der Waals surface area contributed by atoms with E-state index >= 15 is 0 Å². The summed E-state index contributed by atoms with van der Waals surface area (Å²) in [4.78, 5) is 4.26. The van der Waals surface area contributed by atoms with Crippen molar-refractivity contribution in [2.45, 2.75) is 18.5 Å². The Labute approximate surface area is 133 Å². The summed E-state index contributed by atoms with van der Waals surface area (Å²) in [5, 5.41) is 7.65. The molecule has 2 aromatic carbocycles. The summed E-state index contributed by atoms with van der Waals surface area (Å²) in [6, 6.07) is 16.7. The lowest BCUT2D eigenvalue weighted by molar-refractivity contribution is 0.431. The van der Waals surface area contributed by atoms with Crippen LogP contribution in [0.3, 0.4) is 0 Å². The van der Waals surface area contributed by atoms with E-state index in [1.807, 2.05) is 22.9 Å². The number of rotatable bonds is 2. The van der Waals surface area contributed by atoms with Crippen LogP contribution in [-0.4, -0.2) is 14.8 Å². The summed E-state index contributed by atoms with van der Waals surface area (Å²) in [7, 11) is 0. The summed E-state index contributed by atoms with van der Waals surface area (Å²) >= 11 is 0. The van der Waals surface area contributed by atoms with Crippen LogP contribution in [0.25, 0.3) is 0 Å². The van der Waals surface area contributed by atoms with E-state index < -0.39 is 0 Å². The molecule has 3 N–H and O–H groups in total. The van der Waals surface area contributed by atoms with E-state index in [0.29, 0.717) is 5.95 Å². The molecule has 1 aliphatic rings. The number of halogens is 1. The Balaban J connectivity index is 1.75. The number of hydrogen-bond acceptors (Lipinski definition) is 4. The van der Waals surface area contributed by atoms with E-state index in [2.05, 4.69) is 27.5 Å². The Morgan fingerprint density at radius 3 is 2.52 bits per heavy atom. The third kappa shape index (κ3) is 2.52. The fourth-order valence-corrected chi connectivity index (χ4v) is 3.06. The largest absolute Gasteiger partial charge is 0.366 e. The fraction of sp³-hybridized carbons (Fsp3) is 0.176. The highest BCUT2D eigenvalue weighted by Crippen LogP contribution is 2.37. The number of nitrogen functional groups attached to an aromatic ring is 1.